The van der Waals surface area contributed by atoms with Gasteiger partial charge < -0.3 is 10.6 Å². The van der Waals surface area contributed by atoms with E-state index in [0.717, 1.165) is 25.6 Å². The van der Waals surface area contributed by atoms with E-state index in [1.165, 1.54) is 43.2 Å². The third-order valence-electron chi connectivity index (χ3n) is 5.88. The third kappa shape index (κ3) is 5.69. The second-order valence-corrected chi connectivity index (χ2v) is 7.72. The standard InChI is InChI=1S/C24H34N2/c1-20(21-11-5-2-6-12-21)26-18-17-25-19-24(22-13-7-3-8-14-22)23-15-9-4-10-16-23/h3-4,7-10,13-16,20-21,24-26H,2,5-6,11-12,17-19H2,1H3/t20-/m0/s1. The number of rotatable bonds is 9. The van der Waals surface area contributed by atoms with E-state index in [9.17, 15) is 0 Å². The summed E-state index contributed by atoms with van der Waals surface area (Å²) >= 11 is 0. The van der Waals surface area contributed by atoms with Crippen molar-refractivity contribution in [1.82, 2.24) is 10.6 Å². The molecule has 0 aromatic heterocycles. The highest BCUT2D eigenvalue weighted by atomic mass is 15.0. The summed E-state index contributed by atoms with van der Waals surface area (Å²) in [5.41, 5.74) is 2.77. The van der Waals surface area contributed by atoms with Crippen LogP contribution in [0.25, 0.3) is 0 Å². The Kier molecular flexibility index (Phi) is 7.72. The first-order valence-electron chi connectivity index (χ1n) is 10.4. The molecular weight excluding hydrogens is 316 g/mol. The first-order chi connectivity index (χ1) is 12.8. The van der Waals surface area contributed by atoms with Crippen molar-refractivity contribution in [1.29, 1.82) is 0 Å². The minimum absolute atomic E-state index is 0.410. The van der Waals surface area contributed by atoms with E-state index in [0.29, 0.717) is 12.0 Å². The Bertz CT molecular complexity index is 565. The maximum absolute atomic E-state index is 3.74. The van der Waals surface area contributed by atoms with Crippen molar-refractivity contribution in [3.63, 3.8) is 0 Å². The largest absolute Gasteiger partial charge is 0.315 e. The van der Waals surface area contributed by atoms with Gasteiger partial charge in [-0.3, -0.25) is 0 Å². The molecule has 0 aliphatic heterocycles. The summed E-state index contributed by atoms with van der Waals surface area (Å²) in [7, 11) is 0. The predicted molar refractivity (Wildman–Crippen MR) is 112 cm³/mol. The minimum atomic E-state index is 0.410. The molecule has 0 amide bonds. The highest BCUT2D eigenvalue weighted by molar-refractivity contribution is 5.32. The van der Waals surface area contributed by atoms with Crippen LogP contribution >= 0.6 is 0 Å². The van der Waals surface area contributed by atoms with Gasteiger partial charge in [-0.1, -0.05) is 79.9 Å². The van der Waals surface area contributed by atoms with Gasteiger partial charge in [-0.25, -0.2) is 0 Å². The highest BCUT2D eigenvalue weighted by Crippen LogP contribution is 2.26. The maximum atomic E-state index is 3.74. The average Bonchev–Trinajstić information content (AvgIpc) is 2.72. The van der Waals surface area contributed by atoms with Crippen LogP contribution in [-0.2, 0) is 0 Å². The molecule has 1 saturated carbocycles. The molecule has 2 heteroatoms. The first-order valence-corrected chi connectivity index (χ1v) is 10.4. The minimum Gasteiger partial charge on any atom is -0.315 e. The molecule has 0 bridgehead atoms. The molecule has 2 aromatic rings. The van der Waals surface area contributed by atoms with Gasteiger partial charge in [0, 0.05) is 31.6 Å². The Morgan fingerprint density at radius 3 is 1.96 bits per heavy atom. The van der Waals surface area contributed by atoms with Gasteiger partial charge in [-0.05, 0) is 36.8 Å². The lowest BCUT2D eigenvalue weighted by molar-refractivity contribution is 0.282. The fourth-order valence-corrected chi connectivity index (χ4v) is 4.23. The monoisotopic (exact) mass is 350 g/mol. The predicted octanol–water partition coefficient (Wildman–Crippen LogP) is 4.97. The first kappa shape index (κ1) is 19.1. The summed E-state index contributed by atoms with van der Waals surface area (Å²) < 4.78 is 0. The number of nitrogens with one attached hydrogen (secondary N) is 2. The molecule has 2 aromatic carbocycles. The van der Waals surface area contributed by atoms with Gasteiger partial charge >= 0.3 is 0 Å². The summed E-state index contributed by atoms with van der Waals surface area (Å²) in [6, 6.07) is 22.3. The number of hydrogen-bond donors (Lipinski definition) is 2. The lowest BCUT2D eigenvalue weighted by Crippen LogP contribution is -2.39. The summed E-state index contributed by atoms with van der Waals surface area (Å²) in [5, 5.41) is 7.42. The molecule has 0 unspecified atom stereocenters. The molecule has 0 radical (unpaired) electrons. The summed E-state index contributed by atoms with van der Waals surface area (Å²) in [4.78, 5) is 0. The zero-order chi connectivity index (χ0) is 18.0. The molecule has 0 spiro atoms. The van der Waals surface area contributed by atoms with E-state index in [4.69, 9.17) is 0 Å². The van der Waals surface area contributed by atoms with Crippen molar-refractivity contribution in [3.05, 3.63) is 71.8 Å². The fraction of sp³-hybridized carbons (Fsp3) is 0.500. The summed E-state index contributed by atoms with van der Waals surface area (Å²) in [6.07, 6.45) is 7.10. The third-order valence-corrected chi connectivity index (χ3v) is 5.88. The summed E-state index contributed by atoms with van der Waals surface area (Å²) in [5.74, 6) is 1.29. The quantitative estimate of drug-likeness (QED) is 0.624. The molecule has 140 valence electrons. The Morgan fingerprint density at radius 1 is 0.808 bits per heavy atom. The van der Waals surface area contributed by atoms with Crippen LogP contribution in [0.1, 0.15) is 56.1 Å². The fourth-order valence-electron chi connectivity index (χ4n) is 4.23. The molecule has 3 rings (SSSR count). The van der Waals surface area contributed by atoms with Crippen LogP contribution in [0.2, 0.25) is 0 Å². The molecule has 0 heterocycles. The topological polar surface area (TPSA) is 24.1 Å². The van der Waals surface area contributed by atoms with Crippen molar-refractivity contribution in [2.24, 2.45) is 5.92 Å². The van der Waals surface area contributed by atoms with Gasteiger partial charge in [0.15, 0.2) is 0 Å². The van der Waals surface area contributed by atoms with Gasteiger partial charge in [0.1, 0.15) is 0 Å². The van der Waals surface area contributed by atoms with Crippen molar-refractivity contribution >= 4 is 0 Å². The number of benzene rings is 2. The van der Waals surface area contributed by atoms with Gasteiger partial charge in [-0.15, -0.1) is 0 Å². The Morgan fingerprint density at radius 2 is 1.38 bits per heavy atom. The number of hydrogen-bond acceptors (Lipinski definition) is 2. The van der Waals surface area contributed by atoms with E-state index < -0.39 is 0 Å². The van der Waals surface area contributed by atoms with Gasteiger partial charge in [0.05, 0.1) is 0 Å². The second-order valence-electron chi connectivity index (χ2n) is 7.72. The second kappa shape index (κ2) is 10.5. The van der Waals surface area contributed by atoms with Crippen molar-refractivity contribution in [2.75, 3.05) is 19.6 Å². The van der Waals surface area contributed by atoms with Crippen molar-refractivity contribution in [3.8, 4) is 0 Å². The van der Waals surface area contributed by atoms with E-state index in [2.05, 4.69) is 78.2 Å². The van der Waals surface area contributed by atoms with E-state index in [1.807, 2.05) is 0 Å². The maximum Gasteiger partial charge on any atom is 0.0214 e. The van der Waals surface area contributed by atoms with Crippen LogP contribution < -0.4 is 10.6 Å². The van der Waals surface area contributed by atoms with Crippen LogP contribution in [0.4, 0.5) is 0 Å². The Labute approximate surface area is 159 Å². The van der Waals surface area contributed by atoms with Gasteiger partial charge in [0.25, 0.3) is 0 Å². The van der Waals surface area contributed by atoms with Gasteiger partial charge in [-0.2, -0.15) is 0 Å². The lowest BCUT2D eigenvalue weighted by Gasteiger charge is -2.28. The highest BCUT2D eigenvalue weighted by Gasteiger charge is 2.19. The van der Waals surface area contributed by atoms with Crippen molar-refractivity contribution < 1.29 is 0 Å². The van der Waals surface area contributed by atoms with Crippen LogP contribution in [0.3, 0.4) is 0 Å². The SMILES string of the molecule is C[C@H](NCCNCC(c1ccccc1)c1ccccc1)C1CCCCC1. The molecule has 26 heavy (non-hydrogen) atoms. The molecule has 1 fully saturated rings. The lowest BCUT2D eigenvalue weighted by atomic mass is 9.84. The summed E-state index contributed by atoms with van der Waals surface area (Å²) in [6.45, 7) is 5.42. The molecule has 0 saturated heterocycles. The molecule has 2 N–H and O–H groups in total. The van der Waals surface area contributed by atoms with Crippen molar-refractivity contribution in [2.45, 2.75) is 51.0 Å². The Hall–Kier alpha value is -1.64. The van der Waals surface area contributed by atoms with E-state index in [1.54, 1.807) is 0 Å². The van der Waals surface area contributed by atoms with Crippen LogP contribution in [0, 0.1) is 5.92 Å². The van der Waals surface area contributed by atoms with E-state index >= 15 is 0 Å². The molecule has 1 atom stereocenters. The smallest absolute Gasteiger partial charge is 0.0214 e. The van der Waals surface area contributed by atoms with Crippen LogP contribution in [0.15, 0.2) is 60.7 Å². The molecule has 1 aliphatic rings. The zero-order valence-corrected chi connectivity index (χ0v) is 16.2. The van der Waals surface area contributed by atoms with Crippen LogP contribution in [0.5, 0.6) is 0 Å². The Balaban J connectivity index is 1.46. The zero-order valence-electron chi connectivity index (χ0n) is 16.2. The average molecular weight is 351 g/mol. The molecular formula is C24H34N2. The molecule has 2 nitrogen and oxygen atoms in total. The van der Waals surface area contributed by atoms with Gasteiger partial charge in [0.2, 0.25) is 0 Å². The normalized spacial score (nSPS) is 16.7. The van der Waals surface area contributed by atoms with Crippen LogP contribution in [-0.4, -0.2) is 25.7 Å². The molecule has 1 aliphatic carbocycles. The van der Waals surface area contributed by atoms with E-state index in [-0.39, 0.29) is 0 Å².